The smallest absolute Gasteiger partial charge is 0.0443 e. The molecule has 0 aliphatic carbocycles. The number of aliphatic hydroxyl groups excluding tert-OH is 1. The van der Waals surface area contributed by atoms with E-state index in [1.165, 1.54) is 51.9 Å². The van der Waals surface area contributed by atoms with Gasteiger partial charge in [-0.3, -0.25) is 0 Å². The van der Waals surface area contributed by atoms with Gasteiger partial charge in [0.05, 0.1) is 0 Å². The summed E-state index contributed by atoms with van der Waals surface area (Å²) in [4.78, 5) is 2.55. The molecule has 2 heterocycles. The van der Waals surface area contributed by atoms with Gasteiger partial charge in [0.1, 0.15) is 0 Å². The number of nitrogens with zero attached hydrogens (tertiary/aromatic N) is 1. The molecule has 0 aromatic heterocycles. The molecule has 15 heavy (non-hydrogen) atoms. The summed E-state index contributed by atoms with van der Waals surface area (Å²) in [5.41, 5.74) is 0.561. The average molecular weight is 212 g/mol. The molecule has 0 aromatic rings. The van der Waals surface area contributed by atoms with E-state index in [2.05, 4.69) is 10.2 Å². The van der Waals surface area contributed by atoms with Crippen molar-refractivity contribution < 1.29 is 5.11 Å². The van der Waals surface area contributed by atoms with E-state index < -0.39 is 0 Å². The monoisotopic (exact) mass is 212 g/mol. The highest BCUT2D eigenvalue weighted by Crippen LogP contribution is 2.35. The van der Waals surface area contributed by atoms with Gasteiger partial charge in [0.25, 0.3) is 0 Å². The van der Waals surface area contributed by atoms with E-state index in [4.69, 9.17) is 5.11 Å². The highest BCUT2D eigenvalue weighted by Gasteiger charge is 2.35. The molecule has 1 spiro atoms. The lowest BCUT2D eigenvalue weighted by Crippen LogP contribution is -2.51. The molecule has 0 bridgehead atoms. The van der Waals surface area contributed by atoms with Crippen molar-refractivity contribution in [3.05, 3.63) is 0 Å². The van der Waals surface area contributed by atoms with Gasteiger partial charge in [-0.1, -0.05) is 0 Å². The second-order valence-corrected chi connectivity index (χ2v) is 5.24. The van der Waals surface area contributed by atoms with E-state index in [0.29, 0.717) is 12.0 Å². The fourth-order valence-electron chi connectivity index (χ4n) is 3.17. The molecule has 0 amide bonds. The fraction of sp³-hybridized carbons (Fsp3) is 1.00. The third-order valence-electron chi connectivity index (χ3n) is 3.93. The predicted molar refractivity (Wildman–Crippen MR) is 61.9 cm³/mol. The van der Waals surface area contributed by atoms with E-state index in [9.17, 15) is 0 Å². The van der Waals surface area contributed by atoms with Crippen LogP contribution in [0, 0.1) is 5.41 Å². The van der Waals surface area contributed by atoms with Crippen molar-refractivity contribution in [2.45, 2.75) is 32.1 Å². The summed E-state index contributed by atoms with van der Waals surface area (Å²) in [6.07, 6.45) is 6.41. The summed E-state index contributed by atoms with van der Waals surface area (Å²) in [5.74, 6) is 0. The van der Waals surface area contributed by atoms with Crippen LogP contribution in [0.2, 0.25) is 0 Å². The Labute approximate surface area is 92.8 Å². The predicted octanol–water partition coefficient (Wildman–Crippen LogP) is 0.834. The van der Waals surface area contributed by atoms with Gasteiger partial charge in [0, 0.05) is 26.2 Å². The molecule has 2 saturated heterocycles. The van der Waals surface area contributed by atoms with Crippen LogP contribution in [0.25, 0.3) is 0 Å². The fourth-order valence-corrected chi connectivity index (χ4v) is 3.17. The Morgan fingerprint density at radius 2 is 2.13 bits per heavy atom. The number of likely N-dealkylation sites (tertiary alicyclic amines) is 1. The molecule has 2 N–H and O–H groups in total. The maximum atomic E-state index is 8.86. The quantitative estimate of drug-likeness (QED) is 0.727. The zero-order valence-corrected chi connectivity index (χ0v) is 9.67. The highest BCUT2D eigenvalue weighted by molar-refractivity contribution is 4.91. The van der Waals surface area contributed by atoms with E-state index >= 15 is 0 Å². The molecule has 1 atom stereocenters. The largest absolute Gasteiger partial charge is 0.396 e. The second kappa shape index (κ2) is 5.28. The number of piperidine rings is 2. The van der Waals surface area contributed by atoms with Crippen molar-refractivity contribution in [1.82, 2.24) is 10.2 Å². The number of rotatable bonds is 3. The topological polar surface area (TPSA) is 35.5 Å². The van der Waals surface area contributed by atoms with Gasteiger partial charge in [-0.05, 0) is 50.6 Å². The Morgan fingerprint density at radius 3 is 2.87 bits per heavy atom. The van der Waals surface area contributed by atoms with Crippen LogP contribution in [0.5, 0.6) is 0 Å². The Balaban J connectivity index is 1.85. The van der Waals surface area contributed by atoms with Crippen molar-refractivity contribution in [3.63, 3.8) is 0 Å². The number of hydrogen-bond acceptors (Lipinski definition) is 3. The molecule has 3 heteroatoms. The van der Waals surface area contributed by atoms with Crippen LogP contribution in [0.4, 0.5) is 0 Å². The molecule has 88 valence electrons. The lowest BCUT2D eigenvalue weighted by molar-refractivity contribution is 0.0608. The lowest BCUT2D eigenvalue weighted by Gasteiger charge is -2.45. The summed E-state index contributed by atoms with van der Waals surface area (Å²) in [6, 6.07) is 0. The zero-order chi connectivity index (χ0) is 10.6. The first-order valence-electron chi connectivity index (χ1n) is 6.39. The molecule has 2 aliphatic rings. The van der Waals surface area contributed by atoms with Crippen LogP contribution in [0.1, 0.15) is 32.1 Å². The van der Waals surface area contributed by atoms with Crippen LogP contribution in [-0.2, 0) is 0 Å². The normalized spacial score (nSPS) is 33.4. The number of nitrogens with one attached hydrogen (secondary N) is 1. The molecule has 2 rings (SSSR count). The Morgan fingerprint density at radius 1 is 1.27 bits per heavy atom. The minimum atomic E-state index is 0.335. The Hall–Kier alpha value is -0.120. The minimum absolute atomic E-state index is 0.335. The summed E-state index contributed by atoms with van der Waals surface area (Å²) in [5, 5.41) is 12.4. The maximum absolute atomic E-state index is 8.86. The van der Waals surface area contributed by atoms with Gasteiger partial charge in [-0.25, -0.2) is 0 Å². The first-order valence-corrected chi connectivity index (χ1v) is 6.39. The Kier molecular flexibility index (Phi) is 4.00. The second-order valence-electron chi connectivity index (χ2n) is 5.24. The average Bonchev–Trinajstić information content (AvgIpc) is 2.28. The molecule has 0 aromatic carbocycles. The van der Waals surface area contributed by atoms with Gasteiger partial charge in [-0.2, -0.15) is 0 Å². The van der Waals surface area contributed by atoms with Crippen LogP contribution in [0.15, 0.2) is 0 Å². The van der Waals surface area contributed by atoms with E-state index in [1.807, 2.05) is 0 Å². The molecule has 3 nitrogen and oxygen atoms in total. The molecule has 0 radical (unpaired) electrons. The van der Waals surface area contributed by atoms with Crippen LogP contribution >= 0.6 is 0 Å². The third-order valence-corrected chi connectivity index (χ3v) is 3.93. The number of aliphatic hydroxyl groups is 1. The molecular formula is C12H24N2O. The summed E-state index contributed by atoms with van der Waals surface area (Å²) in [6.45, 7) is 6.32. The summed E-state index contributed by atoms with van der Waals surface area (Å²) in [7, 11) is 0. The van der Waals surface area contributed by atoms with E-state index in [-0.39, 0.29) is 0 Å². The van der Waals surface area contributed by atoms with Gasteiger partial charge in [0.15, 0.2) is 0 Å². The Bertz CT molecular complexity index is 185. The molecule has 2 aliphatic heterocycles. The van der Waals surface area contributed by atoms with Crippen LogP contribution < -0.4 is 5.32 Å². The van der Waals surface area contributed by atoms with Gasteiger partial charge in [-0.15, -0.1) is 0 Å². The van der Waals surface area contributed by atoms with Gasteiger partial charge < -0.3 is 15.3 Å². The lowest BCUT2D eigenvalue weighted by atomic mass is 9.74. The zero-order valence-electron chi connectivity index (χ0n) is 9.67. The van der Waals surface area contributed by atoms with Crippen molar-refractivity contribution in [2.75, 3.05) is 39.3 Å². The first-order chi connectivity index (χ1) is 7.35. The van der Waals surface area contributed by atoms with Crippen molar-refractivity contribution >= 4 is 0 Å². The standard InChI is InChI=1S/C12H24N2O/c15-9-3-8-14-7-2-5-12(11-14)4-1-6-13-10-12/h13,15H,1-11H2. The van der Waals surface area contributed by atoms with E-state index in [1.54, 1.807) is 0 Å². The summed E-state index contributed by atoms with van der Waals surface area (Å²) < 4.78 is 0. The molecule has 1 unspecified atom stereocenters. The highest BCUT2D eigenvalue weighted by atomic mass is 16.3. The van der Waals surface area contributed by atoms with Crippen LogP contribution in [-0.4, -0.2) is 49.3 Å². The molecular weight excluding hydrogens is 188 g/mol. The van der Waals surface area contributed by atoms with Crippen molar-refractivity contribution in [3.8, 4) is 0 Å². The maximum Gasteiger partial charge on any atom is 0.0443 e. The van der Waals surface area contributed by atoms with Crippen molar-refractivity contribution in [2.24, 2.45) is 5.41 Å². The van der Waals surface area contributed by atoms with Crippen molar-refractivity contribution in [1.29, 1.82) is 0 Å². The van der Waals surface area contributed by atoms with Gasteiger partial charge >= 0.3 is 0 Å². The van der Waals surface area contributed by atoms with E-state index in [0.717, 1.165) is 13.0 Å². The molecule has 2 fully saturated rings. The first kappa shape index (κ1) is 11.4. The van der Waals surface area contributed by atoms with Gasteiger partial charge in [0.2, 0.25) is 0 Å². The number of hydrogen-bond donors (Lipinski definition) is 2. The van der Waals surface area contributed by atoms with Crippen LogP contribution in [0.3, 0.4) is 0 Å². The summed E-state index contributed by atoms with van der Waals surface area (Å²) >= 11 is 0. The molecule has 0 saturated carbocycles. The minimum Gasteiger partial charge on any atom is -0.396 e. The SMILES string of the molecule is OCCCN1CCCC2(CCCNC2)C1. The third kappa shape index (κ3) is 2.92.